The number of nitrogens with zero attached hydrogens (tertiary/aromatic N) is 2. The van der Waals surface area contributed by atoms with E-state index in [4.69, 9.17) is 0 Å². The first-order chi connectivity index (χ1) is 33.0. The Bertz CT molecular complexity index is 3670. The van der Waals surface area contributed by atoms with E-state index in [-0.39, 0.29) is 27.1 Å². The van der Waals surface area contributed by atoms with Crippen molar-refractivity contribution in [1.82, 2.24) is 0 Å². The fraction of sp³-hybridized carbons (Fsp3) is 0.224. The zero-order chi connectivity index (χ0) is 47.3. The Hall–Kier alpha value is -7.16. The van der Waals surface area contributed by atoms with E-state index in [1.165, 1.54) is 134 Å². The molecular formula is C67H58N2. The van der Waals surface area contributed by atoms with Gasteiger partial charge < -0.3 is 9.80 Å². The van der Waals surface area contributed by atoms with Gasteiger partial charge in [-0.2, -0.15) is 0 Å². The molecule has 3 heterocycles. The first-order valence-corrected chi connectivity index (χ1v) is 25.1. The molecule has 0 radical (unpaired) electrons. The van der Waals surface area contributed by atoms with Crippen LogP contribution in [0.5, 0.6) is 0 Å². The molecule has 9 aromatic rings. The van der Waals surface area contributed by atoms with Gasteiger partial charge in [0.2, 0.25) is 0 Å². The smallest absolute Gasteiger partial charge is 0.0545 e. The Labute approximate surface area is 407 Å². The molecule has 2 nitrogen and oxygen atoms in total. The summed E-state index contributed by atoms with van der Waals surface area (Å²) in [5.74, 6) is 0. The van der Waals surface area contributed by atoms with Crippen LogP contribution in [0.25, 0.3) is 44.2 Å². The van der Waals surface area contributed by atoms with Crippen LogP contribution >= 0.6 is 0 Å². The third-order valence-corrected chi connectivity index (χ3v) is 18.0. The molecule has 0 spiro atoms. The standard InChI is InChI=1S/C67H58N2/c1-63(2)50-25-15-13-22-46(50)48-31-29-41(35-54(48)63)68(42-30-32-49-47-23-14-16-26-51(47)64(3,4)55(49)36-42)43-37-58-62-59(38-43)67(9,10)57-34-40(45-24-17-20-39-19-11-12-21-44(39)45)33-56-61(57)69(62)60-52(65(56,5)6)27-18-28-53(60)66(58,7)8/h11-38H,1-10H3. The monoisotopic (exact) mass is 890 g/mol. The Morgan fingerprint density at radius 1 is 0.290 bits per heavy atom. The Kier molecular flexibility index (Phi) is 7.77. The van der Waals surface area contributed by atoms with Crippen LogP contribution in [-0.4, -0.2) is 0 Å². The average molecular weight is 891 g/mol. The van der Waals surface area contributed by atoms with Crippen molar-refractivity contribution in [3.05, 3.63) is 225 Å². The highest BCUT2D eigenvalue weighted by Crippen LogP contribution is 2.67. The summed E-state index contributed by atoms with van der Waals surface area (Å²) in [4.78, 5) is 5.31. The van der Waals surface area contributed by atoms with Gasteiger partial charge in [0, 0.05) is 44.1 Å². The first kappa shape index (κ1) is 40.9. The Morgan fingerprint density at radius 3 is 1.20 bits per heavy atom. The van der Waals surface area contributed by atoms with E-state index in [2.05, 4.69) is 249 Å². The molecule has 2 heteroatoms. The van der Waals surface area contributed by atoms with Gasteiger partial charge in [0.15, 0.2) is 0 Å². The molecule has 0 N–H and O–H groups in total. The summed E-state index contributed by atoms with van der Waals surface area (Å²) < 4.78 is 0. The number of para-hydroxylation sites is 1. The van der Waals surface area contributed by atoms with E-state index < -0.39 is 0 Å². The van der Waals surface area contributed by atoms with E-state index in [1.807, 2.05) is 0 Å². The van der Waals surface area contributed by atoms with Crippen LogP contribution in [-0.2, 0) is 27.1 Å². The highest BCUT2D eigenvalue weighted by molar-refractivity contribution is 6.03. The summed E-state index contributed by atoms with van der Waals surface area (Å²) in [6, 6.07) is 65.7. The van der Waals surface area contributed by atoms with Crippen molar-refractivity contribution in [2.75, 3.05) is 9.80 Å². The summed E-state index contributed by atoms with van der Waals surface area (Å²) >= 11 is 0. The third kappa shape index (κ3) is 5.07. The largest absolute Gasteiger partial charge is 0.310 e. The minimum atomic E-state index is -0.355. The Morgan fingerprint density at radius 2 is 0.652 bits per heavy atom. The molecule has 0 unspecified atom stereocenters. The fourth-order valence-corrected chi connectivity index (χ4v) is 14.1. The van der Waals surface area contributed by atoms with Gasteiger partial charge in [-0.15, -0.1) is 0 Å². The summed E-state index contributed by atoms with van der Waals surface area (Å²) in [7, 11) is 0. The number of anilines is 6. The number of hydrogen-bond donors (Lipinski definition) is 0. The highest BCUT2D eigenvalue weighted by Gasteiger charge is 2.52. The van der Waals surface area contributed by atoms with Crippen LogP contribution in [0.4, 0.5) is 34.1 Å². The average Bonchev–Trinajstić information content (AvgIpc) is 3.72. The van der Waals surface area contributed by atoms with E-state index >= 15 is 0 Å². The molecule has 14 rings (SSSR count). The van der Waals surface area contributed by atoms with Crippen LogP contribution in [0.3, 0.4) is 0 Å². The molecular weight excluding hydrogens is 833 g/mol. The van der Waals surface area contributed by atoms with Crippen molar-refractivity contribution >= 4 is 44.9 Å². The topological polar surface area (TPSA) is 6.48 Å². The maximum absolute atomic E-state index is 2.72. The maximum atomic E-state index is 2.72. The predicted molar refractivity (Wildman–Crippen MR) is 290 cm³/mol. The second kappa shape index (κ2) is 13.1. The predicted octanol–water partition coefficient (Wildman–Crippen LogP) is 18.0. The van der Waals surface area contributed by atoms with Gasteiger partial charge in [-0.05, 0) is 148 Å². The van der Waals surface area contributed by atoms with Crippen LogP contribution < -0.4 is 9.80 Å². The van der Waals surface area contributed by atoms with Crippen LogP contribution in [0, 0.1) is 0 Å². The van der Waals surface area contributed by atoms with Gasteiger partial charge in [0.05, 0.1) is 17.1 Å². The molecule has 0 saturated carbocycles. The molecule has 2 aliphatic carbocycles. The normalized spacial score (nSPS) is 17.7. The second-order valence-corrected chi connectivity index (χ2v) is 23.4. The second-order valence-electron chi connectivity index (χ2n) is 23.4. The van der Waals surface area contributed by atoms with Crippen molar-refractivity contribution in [2.24, 2.45) is 0 Å². The van der Waals surface area contributed by atoms with Gasteiger partial charge in [-0.3, -0.25) is 0 Å². The number of benzene rings is 9. The summed E-state index contributed by atoms with van der Waals surface area (Å²) in [5.41, 5.74) is 28.2. The summed E-state index contributed by atoms with van der Waals surface area (Å²) in [5, 5.41) is 2.56. The van der Waals surface area contributed by atoms with Gasteiger partial charge in [-0.1, -0.05) is 191 Å². The number of rotatable bonds is 4. The van der Waals surface area contributed by atoms with Gasteiger partial charge >= 0.3 is 0 Å². The van der Waals surface area contributed by atoms with Crippen LogP contribution in [0.1, 0.15) is 125 Å². The summed E-state index contributed by atoms with van der Waals surface area (Å²) in [6.07, 6.45) is 0. The highest BCUT2D eigenvalue weighted by atomic mass is 15.2. The molecule has 5 aliphatic rings. The molecule has 0 atom stereocenters. The van der Waals surface area contributed by atoms with Crippen molar-refractivity contribution in [3.63, 3.8) is 0 Å². The zero-order valence-electron chi connectivity index (χ0n) is 41.6. The number of hydrogen-bond acceptors (Lipinski definition) is 2. The van der Waals surface area contributed by atoms with Gasteiger partial charge in [0.1, 0.15) is 0 Å². The lowest BCUT2D eigenvalue weighted by Crippen LogP contribution is -2.43. The third-order valence-electron chi connectivity index (χ3n) is 18.0. The number of fused-ring (bicyclic) bond motifs is 7. The first-order valence-electron chi connectivity index (χ1n) is 25.1. The van der Waals surface area contributed by atoms with Crippen LogP contribution in [0.2, 0.25) is 0 Å². The van der Waals surface area contributed by atoms with Crippen molar-refractivity contribution in [3.8, 4) is 33.4 Å². The minimum Gasteiger partial charge on any atom is -0.310 e. The quantitative estimate of drug-likeness (QED) is 0.174. The SMILES string of the molecule is CC1(C)c2ccccc2-c2ccc(N(c3ccc4c(c3)C(C)(C)c3ccccc3-4)c3cc4c5c(c3)C(C)(C)c3cc(-c6cccc7ccccc67)cc6c3N5c3c(cccc3C4(C)C)C6(C)C)cc21. The van der Waals surface area contributed by atoms with E-state index in [0.29, 0.717) is 0 Å². The van der Waals surface area contributed by atoms with Crippen molar-refractivity contribution in [1.29, 1.82) is 0 Å². The molecule has 3 aliphatic heterocycles. The lowest BCUT2D eigenvalue weighted by atomic mass is 9.60. The van der Waals surface area contributed by atoms with Crippen molar-refractivity contribution in [2.45, 2.75) is 96.3 Å². The Balaban J connectivity index is 1.05. The van der Waals surface area contributed by atoms with E-state index in [1.54, 1.807) is 0 Å². The van der Waals surface area contributed by atoms with E-state index in [9.17, 15) is 0 Å². The minimum absolute atomic E-state index is 0.145. The molecule has 9 aromatic carbocycles. The molecule has 0 bridgehead atoms. The molecule has 69 heavy (non-hydrogen) atoms. The van der Waals surface area contributed by atoms with Gasteiger partial charge in [0.25, 0.3) is 0 Å². The summed E-state index contributed by atoms with van der Waals surface area (Å²) in [6.45, 7) is 24.5. The molecule has 0 aromatic heterocycles. The fourth-order valence-electron chi connectivity index (χ4n) is 14.1. The lowest BCUT2D eigenvalue weighted by molar-refractivity contribution is 0.567. The molecule has 0 amide bonds. The van der Waals surface area contributed by atoms with Gasteiger partial charge in [-0.25, -0.2) is 0 Å². The zero-order valence-corrected chi connectivity index (χ0v) is 41.6. The molecule has 0 saturated heterocycles. The lowest BCUT2D eigenvalue weighted by Gasteiger charge is -2.55. The maximum Gasteiger partial charge on any atom is 0.0545 e. The molecule has 0 fully saturated rings. The van der Waals surface area contributed by atoms with E-state index in [0.717, 1.165) is 0 Å². The van der Waals surface area contributed by atoms with Crippen molar-refractivity contribution < 1.29 is 0 Å². The molecule has 336 valence electrons. The van der Waals surface area contributed by atoms with Crippen LogP contribution in [0.15, 0.2) is 170 Å².